The number of carboxylic acid groups (broad SMARTS) is 1. The van der Waals surface area contributed by atoms with Gasteiger partial charge in [-0.25, -0.2) is 9.97 Å². The van der Waals surface area contributed by atoms with Gasteiger partial charge in [0.1, 0.15) is 5.69 Å². The number of fused-ring (bicyclic) bond motifs is 1. The molecular weight excluding hydrogens is 244 g/mol. The van der Waals surface area contributed by atoms with Crippen molar-refractivity contribution in [1.29, 1.82) is 0 Å². The normalized spacial score (nSPS) is 18.1. The average molecular weight is 258 g/mol. The molecular formula is C13H14N4O2. The second kappa shape index (κ2) is 4.46. The molecule has 1 unspecified atom stereocenters. The van der Waals surface area contributed by atoms with E-state index in [1.807, 2.05) is 19.3 Å². The highest BCUT2D eigenvalue weighted by atomic mass is 16.4. The standard InChI is InChI=1S/C13H14N4O2/c1-17-5-4-11(16-17)12-14-7-9-6-8(13(18)19)2-3-10(9)15-12/h4-5,7-8H,2-3,6H2,1H3,(H,18,19). The topological polar surface area (TPSA) is 80.9 Å². The van der Waals surface area contributed by atoms with E-state index < -0.39 is 5.97 Å². The van der Waals surface area contributed by atoms with Crippen molar-refractivity contribution in [3.05, 3.63) is 29.7 Å². The van der Waals surface area contributed by atoms with Crippen LogP contribution in [0.1, 0.15) is 17.7 Å². The van der Waals surface area contributed by atoms with E-state index in [0.29, 0.717) is 25.1 Å². The SMILES string of the molecule is Cn1ccc(-c2ncc3c(n2)CCC(C(=O)O)C3)n1. The third-order valence-corrected chi connectivity index (χ3v) is 3.44. The zero-order chi connectivity index (χ0) is 13.4. The van der Waals surface area contributed by atoms with Gasteiger partial charge in [0.2, 0.25) is 0 Å². The van der Waals surface area contributed by atoms with Crippen LogP contribution in [-0.2, 0) is 24.7 Å². The molecule has 98 valence electrons. The lowest BCUT2D eigenvalue weighted by molar-refractivity contribution is -0.142. The molecule has 6 nitrogen and oxygen atoms in total. The van der Waals surface area contributed by atoms with E-state index in [-0.39, 0.29) is 5.92 Å². The Morgan fingerprint density at radius 1 is 1.53 bits per heavy atom. The van der Waals surface area contributed by atoms with E-state index in [0.717, 1.165) is 17.0 Å². The van der Waals surface area contributed by atoms with Gasteiger partial charge in [-0.15, -0.1) is 0 Å². The fraction of sp³-hybridized carbons (Fsp3) is 0.385. The Morgan fingerprint density at radius 3 is 3.05 bits per heavy atom. The summed E-state index contributed by atoms with van der Waals surface area (Å²) in [7, 11) is 1.85. The van der Waals surface area contributed by atoms with Gasteiger partial charge in [-0.3, -0.25) is 9.48 Å². The van der Waals surface area contributed by atoms with Gasteiger partial charge < -0.3 is 5.11 Å². The number of rotatable bonds is 2. The van der Waals surface area contributed by atoms with E-state index in [4.69, 9.17) is 5.11 Å². The van der Waals surface area contributed by atoms with Gasteiger partial charge in [-0.05, 0) is 30.9 Å². The van der Waals surface area contributed by atoms with Crippen molar-refractivity contribution in [2.45, 2.75) is 19.3 Å². The summed E-state index contributed by atoms with van der Waals surface area (Å²) in [5.74, 6) is -0.440. The highest BCUT2D eigenvalue weighted by Gasteiger charge is 2.25. The van der Waals surface area contributed by atoms with Crippen LogP contribution in [0.5, 0.6) is 0 Å². The minimum absolute atomic E-state index is 0.309. The van der Waals surface area contributed by atoms with E-state index in [2.05, 4.69) is 15.1 Å². The molecule has 0 fully saturated rings. The fourth-order valence-electron chi connectivity index (χ4n) is 2.38. The van der Waals surface area contributed by atoms with Crippen molar-refractivity contribution >= 4 is 5.97 Å². The van der Waals surface area contributed by atoms with Crippen LogP contribution in [0.25, 0.3) is 11.5 Å². The molecule has 2 aromatic heterocycles. The first-order valence-electron chi connectivity index (χ1n) is 6.21. The third kappa shape index (κ3) is 2.21. The van der Waals surface area contributed by atoms with Crippen LogP contribution in [0.4, 0.5) is 0 Å². The van der Waals surface area contributed by atoms with Crippen molar-refractivity contribution in [2.24, 2.45) is 13.0 Å². The lowest BCUT2D eigenvalue weighted by atomic mass is 9.87. The number of nitrogens with zero attached hydrogens (tertiary/aromatic N) is 4. The summed E-state index contributed by atoms with van der Waals surface area (Å²) in [6, 6.07) is 1.87. The number of aryl methyl sites for hydroxylation is 2. The molecule has 0 spiro atoms. The Balaban J connectivity index is 1.91. The first-order chi connectivity index (χ1) is 9.13. The number of aliphatic carboxylic acids is 1. The van der Waals surface area contributed by atoms with Crippen molar-refractivity contribution < 1.29 is 9.90 Å². The number of carboxylic acids is 1. The van der Waals surface area contributed by atoms with Gasteiger partial charge in [0, 0.05) is 25.1 Å². The van der Waals surface area contributed by atoms with Gasteiger partial charge in [0.05, 0.1) is 5.92 Å². The monoisotopic (exact) mass is 258 g/mol. The molecule has 1 aliphatic carbocycles. The molecule has 2 heterocycles. The van der Waals surface area contributed by atoms with Gasteiger partial charge in [-0.1, -0.05) is 0 Å². The molecule has 1 N–H and O–H groups in total. The van der Waals surface area contributed by atoms with Crippen LogP contribution in [0.2, 0.25) is 0 Å². The summed E-state index contributed by atoms with van der Waals surface area (Å²) >= 11 is 0. The molecule has 0 saturated heterocycles. The molecule has 6 heteroatoms. The summed E-state index contributed by atoms with van der Waals surface area (Å²) in [4.78, 5) is 19.8. The lowest BCUT2D eigenvalue weighted by Gasteiger charge is -2.20. The van der Waals surface area contributed by atoms with Crippen LogP contribution in [0, 0.1) is 5.92 Å². The molecule has 2 aromatic rings. The molecule has 0 radical (unpaired) electrons. The fourth-order valence-corrected chi connectivity index (χ4v) is 2.38. The lowest BCUT2D eigenvalue weighted by Crippen LogP contribution is -2.23. The van der Waals surface area contributed by atoms with Crippen LogP contribution >= 0.6 is 0 Å². The molecule has 0 aliphatic heterocycles. The first-order valence-corrected chi connectivity index (χ1v) is 6.21. The maximum absolute atomic E-state index is 11.0. The van der Waals surface area contributed by atoms with Crippen molar-refractivity contribution in [3.63, 3.8) is 0 Å². The first kappa shape index (κ1) is 11.8. The van der Waals surface area contributed by atoms with E-state index >= 15 is 0 Å². The van der Waals surface area contributed by atoms with Crippen LogP contribution < -0.4 is 0 Å². The molecule has 3 rings (SSSR count). The van der Waals surface area contributed by atoms with Crippen LogP contribution in [-0.4, -0.2) is 30.8 Å². The van der Waals surface area contributed by atoms with E-state index in [1.165, 1.54) is 0 Å². The van der Waals surface area contributed by atoms with Gasteiger partial charge in [0.15, 0.2) is 5.82 Å². The van der Waals surface area contributed by atoms with Crippen LogP contribution in [0.3, 0.4) is 0 Å². The predicted molar refractivity (Wildman–Crippen MR) is 67.4 cm³/mol. The number of hydrogen-bond acceptors (Lipinski definition) is 4. The highest BCUT2D eigenvalue weighted by molar-refractivity contribution is 5.71. The Labute approximate surface area is 110 Å². The van der Waals surface area contributed by atoms with Crippen LogP contribution in [0.15, 0.2) is 18.5 Å². The number of aromatic nitrogens is 4. The van der Waals surface area contributed by atoms with Crippen molar-refractivity contribution in [2.75, 3.05) is 0 Å². The Hall–Kier alpha value is -2.24. The summed E-state index contributed by atoms with van der Waals surface area (Å²) in [6.45, 7) is 0. The minimum atomic E-state index is -0.737. The number of hydrogen-bond donors (Lipinski definition) is 1. The summed E-state index contributed by atoms with van der Waals surface area (Å²) in [5, 5.41) is 13.3. The highest BCUT2D eigenvalue weighted by Crippen LogP contribution is 2.25. The molecule has 0 amide bonds. The van der Waals surface area contributed by atoms with Crippen molar-refractivity contribution in [1.82, 2.24) is 19.7 Å². The minimum Gasteiger partial charge on any atom is -0.481 e. The van der Waals surface area contributed by atoms with Gasteiger partial charge >= 0.3 is 5.97 Å². The maximum atomic E-state index is 11.0. The molecule has 0 aromatic carbocycles. The zero-order valence-corrected chi connectivity index (χ0v) is 10.6. The molecule has 1 aliphatic rings. The second-order valence-electron chi connectivity index (χ2n) is 4.82. The zero-order valence-electron chi connectivity index (χ0n) is 10.6. The quantitative estimate of drug-likeness (QED) is 0.871. The summed E-state index contributed by atoms with van der Waals surface area (Å²) in [5.41, 5.74) is 2.64. The molecule has 19 heavy (non-hydrogen) atoms. The third-order valence-electron chi connectivity index (χ3n) is 3.44. The smallest absolute Gasteiger partial charge is 0.306 e. The van der Waals surface area contributed by atoms with Gasteiger partial charge in [0.25, 0.3) is 0 Å². The molecule has 0 saturated carbocycles. The van der Waals surface area contributed by atoms with Crippen molar-refractivity contribution in [3.8, 4) is 11.5 Å². The maximum Gasteiger partial charge on any atom is 0.306 e. The Bertz CT molecular complexity index is 635. The van der Waals surface area contributed by atoms with Gasteiger partial charge in [-0.2, -0.15) is 5.10 Å². The summed E-state index contributed by atoms with van der Waals surface area (Å²) in [6.07, 6.45) is 5.43. The molecule has 0 bridgehead atoms. The largest absolute Gasteiger partial charge is 0.481 e. The second-order valence-corrected chi connectivity index (χ2v) is 4.82. The average Bonchev–Trinajstić information content (AvgIpc) is 2.84. The Kier molecular flexibility index (Phi) is 2.77. The van der Waals surface area contributed by atoms with E-state index in [9.17, 15) is 4.79 Å². The predicted octanol–water partition coefficient (Wildman–Crippen LogP) is 1.07. The molecule has 1 atom stereocenters. The summed E-state index contributed by atoms with van der Waals surface area (Å²) < 4.78 is 1.71. The van der Waals surface area contributed by atoms with E-state index in [1.54, 1.807) is 10.9 Å². The Morgan fingerprint density at radius 2 is 2.37 bits per heavy atom. The number of carbonyl (C=O) groups is 1.